The summed E-state index contributed by atoms with van der Waals surface area (Å²) < 4.78 is 0. The fourth-order valence-electron chi connectivity index (χ4n) is 1.60. The van der Waals surface area contributed by atoms with E-state index in [2.05, 4.69) is 26.1 Å². The van der Waals surface area contributed by atoms with Crippen molar-refractivity contribution in [3.63, 3.8) is 0 Å². The van der Waals surface area contributed by atoms with Crippen LogP contribution in [0.3, 0.4) is 0 Å². The first kappa shape index (κ1) is 8.57. The Kier molecular flexibility index (Phi) is 2.53. The second kappa shape index (κ2) is 3.24. The van der Waals surface area contributed by atoms with E-state index in [0.29, 0.717) is 11.8 Å². The van der Waals surface area contributed by atoms with Gasteiger partial charge in [-0.05, 0) is 18.3 Å². The van der Waals surface area contributed by atoms with E-state index in [9.17, 15) is 4.79 Å². The van der Waals surface area contributed by atoms with Gasteiger partial charge < -0.3 is 5.32 Å². The molecule has 0 aromatic carbocycles. The van der Waals surface area contributed by atoms with Crippen molar-refractivity contribution < 1.29 is 4.79 Å². The molecule has 0 spiro atoms. The fraction of sp³-hybridized carbons (Fsp3) is 0.889. The van der Waals surface area contributed by atoms with Crippen LogP contribution in [0.25, 0.3) is 0 Å². The van der Waals surface area contributed by atoms with Crippen LogP contribution < -0.4 is 5.32 Å². The van der Waals surface area contributed by atoms with Gasteiger partial charge in [-0.25, -0.2) is 0 Å². The van der Waals surface area contributed by atoms with E-state index in [4.69, 9.17) is 0 Å². The highest BCUT2D eigenvalue weighted by Crippen LogP contribution is 2.23. The van der Waals surface area contributed by atoms with Crippen molar-refractivity contribution in [3.8, 4) is 0 Å². The van der Waals surface area contributed by atoms with Gasteiger partial charge in [-0.3, -0.25) is 4.79 Å². The third-order valence-corrected chi connectivity index (χ3v) is 2.42. The van der Waals surface area contributed by atoms with Gasteiger partial charge in [-0.1, -0.05) is 20.8 Å². The van der Waals surface area contributed by atoms with E-state index in [1.807, 2.05) is 0 Å². The predicted molar refractivity (Wildman–Crippen MR) is 45.1 cm³/mol. The van der Waals surface area contributed by atoms with Crippen molar-refractivity contribution in [1.29, 1.82) is 0 Å². The average Bonchev–Trinajstić information content (AvgIpc) is 1.94. The van der Waals surface area contributed by atoms with E-state index in [0.717, 1.165) is 13.0 Å². The highest BCUT2D eigenvalue weighted by atomic mass is 16.1. The molecular weight excluding hydrogens is 138 g/mol. The maximum absolute atomic E-state index is 11.3. The van der Waals surface area contributed by atoms with Crippen LogP contribution in [0.4, 0.5) is 0 Å². The maximum Gasteiger partial charge on any atom is 0.223 e. The van der Waals surface area contributed by atoms with Crippen molar-refractivity contribution >= 4 is 5.91 Å². The molecule has 1 aliphatic heterocycles. The highest BCUT2D eigenvalue weighted by Gasteiger charge is 2.28. The minimum absolute atomic E-state index is 0.248. The fourth-order valence-corrected chi connectivity index (χ4v) is 1.60. The van der Waals surface area contributed by atoms with Gasteiger partial charge in [-0.15, -0.1) is 0 Å². The van der Waals surface area contributed by atoms with Crippen molar-refractivity contribution in [2.24, 2.45) is 17.8 Å². The van der Waals surface area contributed by atoms with Gasteiger partial charge in [0.25, 0.3) is 0 Å². The summed E-state index contributed by atoms with van der Waals surface area (Å²) in [6, 6.07) is 0. The zero-order valence-electron chi connectivity index (χ0n) is 7.55. The molecule has 2 heteroatoms. The van der Waals surface area contributed by atoms with E-state index >= 15 is 0 Å². The largest absolute Gasteiger partial charge is 0.356 e. The summed E-state index contributed by atoms with van der Waals surface area (Å²) in [7, 11) is 0. The highest BCUT2D eigenvalue weighted by molar-refractivity contribution is 5.79. The second-order valence-electron chi connectivity index (χ2n) is 3.94. The summed E-state index contributed by atoms with van der Waals surface area (Å²) in [5.74, 6) is 1.63. The summed E-state index contributed by atoms with van der Waals surface area (Å²) in [5, 5.41) is 2.92. The number of rotatable bonds is 1. The lowest BCUT2D eigenvalue weighted by Crippen LogP contribution is -2.42. The Balaban J connectivity index is 2.54. The Morgan fingerprint density at radius 2 is 2.18 bits per heavy atom. The van der Waals surface area contributed by atoms with E-state index in [1.165, 1.54) is 0 Å². The molecule has 0 radical (unpaired) electrons. The van der Waals surface area contributed by atoms with Crippen molar-refractivity contribution in [2.75, 3.05) is 6.54 Å². The normalized spacial score (nSPS) is 32.2. The molecular formula is C9H17NO. The summed E-state index contributed by atoms with van der Waals surface area (Å²) in [5.41, 5.74) is 0. The van der Waals surface area contributed by atoms with Gasteiger partial charge in [0.15, 0.2) is 0 Å². The topological polar surface area (TPSA) is 29.1 Å². The van der Waals surface area contributed by atoms with Gasteiger partial charge in [-0.2, -0.15) is 0 Å². The summed E-state index contributed by atoms with van der Waals surface area (Å²) in [6.45, 7) is 7.28. The number of hydrogen-bond acceptors (Lipinski definition) is 1. The third kappa shape index (κ3) is 1.95. The Hall–Kier alpha value is -0.530. The summed E-state index contributed by atoms with van der Waals surface area (Å²) in [6.07, 6.45) is 1.06. The number of piperidine rings is 1. The zero-order chi connectivity index (χ0) is 8.43. The zero-order valence-corrected chi connectivity index (χ0v) is 7.55. The molecule has 64 valence electrons. The molecule has 0 aliphatic carbocycles. The smallest absolute Gasteiger partial charge is 0.223 e. The number of carbonyl (C=O) groups excluding carboxylic acids is 1. The van der Waals surface area contributed by atoms with Gasteiger partial charge in [0, 0.05) is 12.5 Å². The van der Waals surface area contributed by atoms with Crippen LogP contribution in [0.2, 0.25) is 0 Å². The van der Waals surface area contributed by atoms with Crippen LogP contribution in [-0.4, -0.2) is 12.5 Å². The van der Waals surface area contributed by atoms with Gasteiger partial charge in [0.2, 0.25) is 5.91 Å². The molecule has 0 saturated carbocycles. The molecule has 0 aromatic rings. The summed E-state index contributed by atoms with van der Waals surface area (Å²) >= 11 is 0. The molecule has 1 N–H and O–H groups in total. The molecule has 1 rings (SSSR count). The number of amides is 1. The standard InChI is InChI=1S/C9H17NO/c1-6(2)8-4-7(3)5-10-9(8)11/h6-8H,4-5H2,1-3H3,(H,10,11). The first-order valence-electron chi connectivity index (χ1n) is 4.39. The minimum atomic E-state index is 0.248. The molecule has 2 unspecified atom stereocenters. The van der Waals surface area contributed by atoms with Crippen molar-refractivity contribution in [1.82, 2.24) is 5.32 Å². The Morgan fingerprint density at radius 1 is 1.55 bits per heavy atom. The first-order chi connectivity index (χ1) is 5.11. The molecule has 1 aliphatic rings. The first-order valence-corrected chi connectivity index (χ1v) is 4.39. The quantitative estimate of drug-likeness (QED) is 0.609. The SMILES string of the molecule is CC1CNC(=O)C(C(C)C)C1. The molecule has 11 heavy (non-hydrogen) atoms. The minimum Gasteiger partial charge on any atom is -0.356 e. The molecule has 1 amide bonds. The van der Waals surface area contributed by atoms with Crippen LogP contribution in [0.15, 0.2) is 0 Å². The molecule has 1 heterocycles. The Morgan fingerprint density at radius 3 is 2.64 bits per heavy atom. The van der Waals surface area contributed by atoms with Crippen molar-refractivity contribution in [3.05, 3.63) is 0 Å². The summed E-state index contributed by atoms with van der Waals surface area (Å²) in [4.78, 5) is 11.3. The van der Waals surface area contributed by atoms with E-state index in [1.54, 1.807) is 0 Å². The lowest BCUT2D eigenvalue weighted by Gasteiger charge is -2.29. The van der Waals surface area contributed by atoms with Gasteiger partial charge in [0.1, 0.15) is 0 Å². The Bertz CT molecular complexity index is 154. The maximum atomic E-state index is 11.3. The molecule has 0 bridgehead atoms. The molecule has 0 aromatic heterocycles. The van der Waals surface area contributed by atoms with Gasteiger partial charge in [0.05, 0.1) is 0 Å². The molecule has 2 atom stereocenters. The number of nitrogens with one attached hydrogen (secondary N) is 1. The molecule has 2 nitrogen and oxygen atoms in total. The van der Waals surface area contributed by atoms with Crippen LogP contribution in [0, 0.1) is 17.8 Å². The third-order valence-electron chi connectivity index (χ3n) is 2.42. The van der Waals surface area contributed by atoms with Crippen LogP contribution in [0.1, 0.15) is 27.2 Å². The van der Waals surface area contributed by atoms with Gasteiger partial charge >= 0.3 is 0 Å². The van der Waals surface area contributed by atoms with Crippen LogP contribution in [0.5, 0.6) is 0 Å². The van der Waals surface area contributed by atoms with Crippen LogP contribution >= 0.6 is 0 Å². The monoisotopic (exact) mass is 155 g/mol. The predicted octanol–water partition coefficient (Wildman–Crippen LogP) is 1.41. The Labute approximate surface area is 68.4 Å². The van der Waals surface area contributed by atoms with E-state index < -0.39 is 0 Å². The lowest BCUT2D eigenvalue weighted by molar-refractivity contribution is -0.129. The molecule has 1 fully saturated rings. The second-order valence-corrected chi connectivity index (χ2v) is 3.94. The molecule has 1 saturated heterocycles. The van der Waals surface area contributed by atoms with Crippen molar-refractivity contribution in [2.45, 2.75) is 27.2 Å². The average molecular weight is 155 g/mol. The number of hydrogen-bond donors (Lipinski definition) is 1. The number of carbonyl (C=O) groups is 1. The van der Waals surface area contributed by atoms with E-state index in [-0.39, 0.29) is 11.8 Å². The lowest BCUT2D eigenvalue weighted by atomic mass is 9.83. The van der Waals surface area contributed by atoms with Crippen LogP contribution in [-0.2, 0) is 4.79 Å².